The summed E-state index contributed by atoms with van der Waals surface area (Å²) >= 11 is 0. The molecule has 0 saturated carbocycles. The second-order valence-electron chi connectivity index (χ2n) is 3.91. The summed E-state index contributed by atoms with van der Waals surface area (Å²) < 4.78 is 0. The van der Waals surface area contributed by atoms with Gasteiger partial charge < -0.3 is 5.32 Å². The highest BCUT2D eigenvalue weighted by Crippen LogP contribution is 2.43. The molecule has 1 amide bonds. The summed E-state index contributed by atoms with van der Waals surface area (Å²) in [7, 11) is 3.55. The van der Waals surface area contributed by atoms with Gasteiger partial charge in [0, 0.05) is 17.2 Å². The zero-order valence-electron chi connectivity index (χ0n) is 8.53. The molecule has 15 heavy (non-hydrogen) atoms. The van der Waals surface area contributed by atoms with Gasteiger partial charge in [0.25, 0.3) is 0 Å². The number of hydrogen-bond acceptors (Lipinski definition) is 3. The molecule has 1 aromatic rings. The van der Waals surface area contributed by atoms with E-state index in [1.54, 1.807) is 21.6 Å². The van der Waals surface area contributed by atoms with Crippen molar-refractivity contribution >= 4 is 33.2 Å². The van der Waals surface area contributed by atoms with E-state index in [1.165, 1.54) is 0 Å². The van der Waals surface area contributed by atoms with Gasteiger partial charge in [0.15, 0.2) is 0 Å². The highest BCUT2D eigenvalue weighted by Gasteiger charge is 2.37. The van der Waals surface area contributed by atoms with Crippen molar-refractivity contribution in [2.75, 3.05) is 16.8 Å². The molecule has 0 spiro atoms. The molecule has 1 heterocycles. The summed E-state index contributed by atoms with van der Waals surface area (Å²) in [6, 6.07) is 9.62. The van der Waals surface area contributed by atoms with Crippen LogP contribution in [0.5, 0.6) is 0 Å². The number of rotatable bonds is 2. The summed E-state index contributed by atoms with van der Waals surface area (Å²) in [6.07, 6.45) is 0. The van der Waals surface area contributed by atoms with Gasteiger partial charge in [-0.2, -0.15) is 0 Å². The van der Waals surface area contributed by atoms with Gasteiger partial charge in [-0.3, -0.25) is 4.79 Å². The van der Waals surface area contributed by atoms with Gasteiger partial charge in [0.1, 0.15) is 0 Å². The van der Waals surface area contributed by atoms with E-state index in [0.717, 1.165) is 17.2 Å². The van der Waals surface area contributed by atoms with Crippen LogP contribution in [0, 0.1) is 5.41 Å². The Labute approximate surface area is 97.6 Å². The Hall–Kier alpha value is -0.610. The van der Waals surface area contributed by atoms with Crippen molar-refractivity contribution in [3.8, 4) is 0 Å². The lowest BCUT2D eigenvalue weighted by Crippen LogP contribution is -2.35. The first-order chi connectivity index (χ1) is 7.21. The number of carbonyl (C=O) groups excluding carboxylic acids is 1. The Morgan fingerprint density at radius 3 is 2.47 bits per heavy atom. The lowest BCUT2D eigenvalue weighted by molar-refractivity contribution is -0.122. The van der Waals surface area contributed by atoms with Crippen LogP contribution in [0.2, 0.25) is 0 Å². The summed E-state index contributed by atoms with van der Waals surface area (Å²) in [5, 5.41) is 2.96. The molecule has 0 aromatic heterocycles. The Bertz CT molecular complexity index is 347. The maximum Gasteiger partial charge on any atom is 0.232 e. The fourth-order valence-corrected chi connectivity index (χ4v) is 4.66. The normalized spacial score (nSPS) is 18.7. The van der Waals surface area contributed by atoms with Gasteiger partial charge in [-0.25, -0.2) is 0 Å². The van der Waals surface area contributed by atoms with Gasteiger partial charge >= 0.3 is 0 Å². The van der Waals surface area contributed by atoms with Gasteiger partial charge in [0.2, 0.25) is 5.91 Å². The number of benzene rings is 1. The molecule has 0 radical (unpaired) electrons. The molecule has 1 aromatic carbocycles. The molecule has 1 aliphatic heterocycles. The lowest BCUT2D eigenvalue weighted by atomic mass is 9.94. The third kappa shape index (κ3) is 2.49. The lowest BCUT2D eigenvalue weighted by Gasteiger charge is -2.20. The molecule has 1 saturated heterocycles. The van der Waals surface area contributed by atoms with Crippen molar-refractivity contribution in [1.29, 1.82) is 0 Å². The number of anilines is 1. The first-order valence-corrected chi connectivity index (χ1v) is 7.30. The minimum absolute atomic E-state index is 0.131. The topological polar surface area (TPSA) is 29.1 Å². The Morgan fingerprint density at radius 1 is 1.27 bits per heavy atom. The molecule has 0 aliphatic carbocycles. The maximum atomic E-state index is 12.0. The van der Waals surface area contributed by atoms with Crippen LogP contribution in [0.1, 0.15) is 6.92 Å². The van der Waals surface area contributed by atoms with Crippen molar-refractivity contribution in [3.05, 3.63) is 30.3 Å². The van der Waals surface area contributed by atoms with Crippen LogP contribution in [0.3, 0.4) is 0 Å². The van der Waals surface area contributed by atoms with E-state index in [1.807, 2.05) is 37.3 Å². The third-order valence-corrected chi connectivity index (χ3v) is 5.30. The highest BCUT2D eigenvalue weighted by atomic mass is 33.1. The smallest absolute Gasteiger partial charge is 0.232 e. The number of carbonyl (C=O) groups is 1. The number of amides is 1. The summed E-state index contributed by atoms with van der Waals surface area (Å²) in [5.41, 5.74) is 0.663. The van der Waals surface area contributed by atoms with Crippen LogP contribution in [-0.2, 0) is 4.79 Å². The molecule has 1 fully saturated rings. The average Bonchev–Trinajstić information content (AvgIpc) is 2.68. The van der Waals surface area contributed by atoms with Crippen LogP contribution >= 0.6 is 21.6 Å². The molecule has 2 rings (SSSR count). The second kappa shape index (κ2) is 4.49. The summed E-state index contributed by atoms with van der Waals surface area (Å²) in [5.74, 6) is 1.93. The zero-order valence-corrected chi connectivity index (χ0v) is 10.2. The Kier molecular flexibility index (Phi) is 3.26. The summed E-state index contributed by atoms with van der Waals surface area (Å²) in [4.78, 5) is 12.0. The van der Waals surface area contributed by atoms with Crippen LogP contribution in [0.4, 0.5) is 5.69 Å². The first-order valence-electron chi connectivity index (χ1n) is 4.82. The molecule has 0 atom stereocenters. The molecule has 2 nitrogen and oxygen atoms in total. The Balaban J connectivity index is 2.04. The monoisotopic (exact) mass is 239 g/mol. The van der Waals surface area contributed by atoms with Crippen molar-refractivity contribution < 1.29 is 4.79 Å². The highest BCUT2D eigenvalue weighted by molar-refractivity contribution is 8.77. The van der Waals surface area contributed by atoms with Crippen LogP contribution in [0.15, 0.2) is 30.3 Å². The van der Waals surface area contributed by atoms with E-state index in [9.17, 15) is 4.79 Å². The predicted octanol–water partition coefficient (Wildman–Crippen LogP) is 3.03. The van der Waals surface area contributed by atoms with Gasteiger partial charge in [-0.1, -0.05) is 39.8 Å². The van der Waals surface area contributed by atoms with Crippen LogP contribution < -0.4 is 5.32 Å². The van der Waals surface area contributed by atoms with E-state index in [4.69, 9.17) is 0 Å². The summed E-state index contributed by atoms with van der Waals surface area (Å²) in [6.45, 7) is 2.03. The van der Waals surface area contributed by atoms with Gasteiger partial charge in [-0.15, -0.1) is 0 Å². The maximum absolute atomic E-state index is 12.0. The molecule has 0 bridgehead atoms. The molecule has 1 N–H and O–H groups in total. The minimum atomic E-state index is -0.217. The third-order valence-electron chi connectivity index (χ3n) is 2.42. The quantitative estimate of drug-likeness (QED) is 0.804. The molecule has 0 unspecified atom stereocenters. The largest absolute Gasteiger partial charge is 0.326 e. The molecule has 4 heteroatoms. The standard InChI is InChI=1S/C11H13NOS2/c1-11(7-14-15-8-11)10(13)12-9-5-3-2-4-6-9/h2-6H,7-8H2,1H3,(H,12,13). The fraction of sp³-hybridized carbons (Fsp3) is 0.364. The van der Waals surface area contributed by atoms with Crippen molar-refractivity contribution in [1.82, 2.24) is 0 Å². The minimum Gasteiger partial charge on any atom is -0.326 e. The Morgan fingerprint density at radius 2 is 1.87 bits per heavy atom. The molecular weight excluding hydrogens is 226 g/mol. The van der Waals surface area contributed by atoms with Crippen molar-refractivity contribution in [2.45, 2.75) is 6.92 Å². The van der Waals surface area contributed by atoms with E-state index < -0.39 is 0 Å². The van der Waals surface area contributed by atoms with E-state index >= 15 is 0 Å². The second-order valence-corrected chi connectivity index (χ2v) is 6.37. The van der Waals surface area contributed by atoms with Crippen LogP contribution in [0.25, 0.3) is 0 Å². The van der Waals surface area contributed by atoms with Gasteiger partial charge in [-0.05, 0) is 19.1 Å². The van der Waals surface area contributed by atoms with Crippen molar-refractivity contribution in [3.63, 3.8) is 0 Å². The zero-order chi connectivity index (χ0) is 10.7. The SMILES string of the molecule is CC1(C(=O)Nc2ccccc2)CSSC1. The van der Waals surface area contributed by atoms with E-state index in [2.05, 4.69) is 5.32 Å². The van der Waals surface area contributed by atoms with Crippen LogP contribution in [-0.4, -0.2) is 17.4 Å². The molecule has 1 aliphatic rings. The van der Waals surface area contributed by atoms with Gasteiger partial charge in [0.05, 0.1) is 5.41 Å². The average molecular weight is 239 g/mol. The van der Waals surface area contributed by atoms with Crippen molar-refractivity contribution in [2.24, 2.45) is 5.41 Å². The number of hydrogen-bond donors (Lipinski definition) is 1. The number of nitrogens with one attached hydrogen (secondary N) is 1. The first kappa shape index (κ1) is 10.9. The molecule has 80 valence electrons. The van der Waals surface area contributed by atoms with E-state index in [0.29, 0.717) is 0 Å². The fourth-order valence-electron chi connectivity index (χ4n) is 1.32. The number of para-hydroxylation sites is 1. The molecular formula is C11H13NOS2. The van der Waals surface area contributed by atoms with E-state index in [-0.39, 0.29) is 11.3 Å². The predicted molar refractivity (Wildman–Crippen MR) is 68.1 cm³/mol.